The molecular formula is C15H17N3O2. The summed E-state index contributed by atoms with van der Waals surface area (Å²) in [6.07, 6.45) is 3.62. The first kappa shape index (κ1) is 12.6. The van der Waals surface area contributed by atoms with Crippen molar-refractivity contribution in [3.8, 4) is 11.5 Å². The van der Waals surface area contributed by atoms with Gasteiger partial charge in [0.25, 0.3) is 0 Å². The number of nitrogens with two attached hydrogens (primary N) is 1. The van der Waals surface area contributed by atoms with Gasteiger partial charge >= 0.3 is 0 Å². The lowest BCUT2D eigenvalue weighted by atomic mass is 10.2. The molecule has 3 rings (SSSR count). The van der Waals surface area contributed by atoms with Gasteiger partial charge in [0, 0.05) is 38.1 Å². The topological polar surface area (TPSA) is 60.6 Å². The summed E-state index contributed by atoms with van der Waals surface area (Å²) < 4.78 is 11.1. The third-order valence-corrected chi connectivity index (χ3v) is 3.25. The van der Waals surface area contributed by atoms with Crippen LogP contribution in [0.2, 0.25) is 0 Å². The number of nitrogens with zero attached hydrogens (tertiary/aromatic N) is 2. The Balaban J connectivity index is 1.86. The summed E-state index contributed by atoms with van der Waals surface area (Å²) >= 11 is 0. The Morgan fingerprint density at radius 1 is 1.25 bits per heavy atom. The van der Waals surface area contributed by atoms with Crippen LogP contribution >= 0.6 is 0 Å². The van der Waals surface area contributed by atoms with Crippen LogP contribution in [0.5, 0.6) is 11.5 Å². The zero-order valence-corrected chi connectivity index (χ0v) is 11.4. The monoisotopic (exact) mass is 271 g/mol. The largest absolute Gasteiger partial charge is 0.486 e. The molecule has 1 aromatic carbocycles. The standard InChI is InChI=1S/C15H17N3O2/c1-18(10-11-3-2-4-17-9-11)13-8-15-14(7-12(13)16)19-5-6-20-15/h2-4,7-9H,5-6,10,16H2,1H3. The quantitative estimate of drug-likeness (QED) is 0.866. The van der Waals surface area contributed by atoms with Gasteiger partial charge in [-0.1, -0.05) is 6.07 Å². The Morgan fingerprint density at radius 3 is 2.70 bits per heavy atom. The minimum Gasteiger partial charge on any atom is -0.486 e. The molecule has 5 nitrogen and oxygen atoms in total. The maximum Gasteiger partial charge on any atom is 0.163 e. The molecule has 2 aromatic rings. The van der Waals surface area contributed by atoms with Gasteiger partial charge in [-0.2, -0.15) is 0 Å². The molecule has 0 aliphatic carbocycles. The van der Waals surface area contributed by atoms with Gasteiger partial charge in [-0.15, -0.1) is 0 Å². The maximum atomic E-state index is 6.11. The lowest BCUT2D eigenvalue weighted by Crippen LogP contribution is -2.20. The third kappa shape index (κ3) is 2.47. The maximum absolute atomic E-state index is 6.11. The predicted molar refractivity (Wildman–Crippen MR) is 78.2 cm³/mol. The summed E-state index contributed by atoms with van der Waals surface area (Å²) in [5.41, 5.74) is 8.85. The molecule has 0 atom stereocenters. The smallest absolute Gasteiger partial charge is 0.163 e. The fourth-order valence-corrected chi connectivity index (χ4v) is 2.28. The fourth-order valence-electron chi connectivity index (χ4n) is 2.28. The van der Waals surface area contributed by atoms with Crippen molar-refractivity contribution in [2.75, 3.05) is 30.9 Å². The highest BCUT2D eigenvalue weighted by Gasteiger charge is 2.16. The van der Waals surface area contributed by atoms with Crippen LogP contribution in [0.3, 0.4) is 0 Å². The molecule has 1 aliphatic heterocycles. The van der Waals surface area contributed by atoms with Crippen molar-refractivity contribution in [1.82, 2.24) is 4.98 Å². The molecule has 0 radical (unpaired) electrons. The Morgan fingerprint density at radius 2 is 2.00 bits per heavy atom. The Labute approximate surface area is 117 Å². The Hall–Kier alpha value is -2.43. The second kappa shape index (κ2) is 5.28. The van der Waals surface area contributed by atoms with Crippen molar-refractivity contribution in [3.63, 3.8) is 0 Å². The van der Waals surface area contributed by atoms with E-state index in [-0.39, 0.29) is 0 Å². The SMILES string of the molecule is CN(Cc1cccnc1)c1cc2c(cc1N)OCCO2. The zero-order chi connectivity index (χ0) is 13.9. The molecule has 0 spiro atoms. The number of hydrogen-bond donors (Lipinski definition) is 1. The molecule has 0 amide bonds. The van der Waals surface area contributed by atoms with Gasteiger partial charge in [-0.05, 0) is 11.6 Å². The number of fused-ring (bicyclic) bond motifs is 1. The molecule has 2 N–H and O–H groups in total. The van der Waals surface area contributed by atoms with E-state index in [2.05, 4.69) is 9.88 Å². The first-order valence-electron chi connectivity index (χ1n) is 6.53. The molecule has 1 aromatic heterocycles. The molecule has 2 heterocycles. The van der Waals surface area contributed by atoms with E-state index in [9.17, 15) is 0 Å². The highest BCUT2D eigenvalue weighted by atomic mass is 16.6. The van der Waals surface area contributed by atoms with E-state index in [1.807, 2.05) is 37.5 Å². The van der Waals surface area contributed by atoms with Crippen LogP contribution in [-0.2, 0) is 6.54 Å². The predicted octanol–water partition coefficient (Wildman–Crippen LogP) is 2.07. The van der Waals surface area contributed by atoms with E-state index in [1.165, 1.54) is 0 Å². The zero-order valence-electron chi connectivity index (χ0n) is 11.4. The van der Waals surface area contributed by atoms with E-state index < -0.39 is 0 Å². The van der Waals surface area contributed by atoms with E-state index >= 15 is 0 Å². The van der Waals surface area contributed by atoms with Crippen LogP contribution in [0.1, 0.15) is 5.56 Å². The number of benzene rings is 1. The number of hydrogen-bond acceptors (Lipinski definition) is 5. The molecule has 0 bridgehead atoms. The van der Waals surface area contributed by atoms with Gasteiger partial charge in [0.1, 0.15) is 13.2 Å². The molecule has 0 unspecified atom stereocenters. The molecule has 104 valence electrons. The number of nitrogen functional groups attached to an aromatic ring is 1. The first-order valence-corrected chi connectivity index (χ1v) is 6.53. The van der Waals surface area contributed by atoms with Crippen molar-refractivity contribution in [2.24, 2.45) is 0 Å². The van der Waals surface area contributed by atoms with Crippen LogP contribution in [0, 0.1) is 0 Å². The molecule has 0 fully saturated rings. The fraction of sp³-hybridized carbons (Fsp3) is 0.267. The molecule has 0 saturated heterocycles. The number of pyridine rings is 1. The van der Waals surface area contributed by atoms with Gasteiger partial charge in [-0.25, -0.2) is 0 Å². The van der Waals surface area contributed by atoms with Gasteiger partial charge in [0.05, 0.1) is 11.4 Å². The molecule has 20 heavy (non-hydrogen) atoms. The van der Waals surface area contributed by atoms with Gasteiger partial charge in [-0.3, -0.25) is 4.98 Å². The number of anilines is 2. The lowest BCUT2D eigenvalue weighted by Gasteiger charge is -2.25. The molecular weight excluding hydrogens is 254 g/mol. The van der Waals surface area contributed by atoms with Crippen LogP contribution in [0.15, 0.2) is 36.7 Å². The summed E-state index contributed by atoms with van der Waals surface area (Å²) in [5.74, 6) is 1.46. The van der Waals surface area contributed by atoms with Gasteiger partial charge < -0.3 is 20.1 Å². The second-order valence-electron chi connectivity index (χ2n) is 4.77. The first-order chi connectivity index (χ1) is 9.74. The summed E-state index contributed by atoms with van der Waals surface area (Å²) in [5, 5.41) is 0. The summed E-state index contributed by atoms with van der Waals surface area (Å²) in [4.78, 5) is 6.20. The summed E-state index contributed by atoms with van der Waals surface area (Å²) in [6.45, 7) is 1.87. The van der Waals surface area contributed by atoms with Crippen LogP contribution in [0.25, 0.3) is 0 Å². The molecule has 0 saturated carbocycles. The second-order valence-corrected chi connectivity index (χ2v) is 4.77. The van der Waals surface area contributed by atoms with E-state index in [1.54, 1.807) is 6.20 Å². The highest BCUT2D eigenvalue weighted by Crippen LogP contribution is 2.38. The van der Waals surface area contributed by atoms with Crippen molar-refractivity contribution in [1.29, 1.82) is 0 Å². The van der Waals surface area contributed by atoms with E-state index in [4.69, 9.17) is 15.2 Å². The molecule has 1 aliphatic rings. The normalized spacial score (nSPS) is 13.1. The van der Waals surface area contributed by atoms with Crippen molar-refractivity contribution in [2.45, 2.75) is 6.54 Å². The number of ether oxygens (including phenoxy) is 2. The third-order valence-electron chi connectivity index (χ3n) is 3.25. The number of rotatable bonds is 3. The number of aromatic nitrogens is 1. The van der Waals surface area contributed by atoms with Crippen LogP contribution in [0.4, 0.5) is 11.4 Å². The van der Waals surface area contributed by atoms with Crippen LogP contribution < -0.4 is 20.1 Å². The van der Waals surface area contributed by atoms with E-state index in [0.29, 0.717) is 24.7 Å². The van der Waals surface area contributed by atoms with Crippen molar-refractivity contribution >= 4 is 11.4 Å². The minimum atomic E-state index is 0.567. The van der Waals surface area contributed by atoms with Crippen molar-refractivity contribution < 1.29 is 9.47 Å². The lowest BCUT2D eigenvalue weighted by molar-refractivity contribution is 0.172. The molecule has 5 heteroatoms. The Bertz CT molecular complexity index is 602. The highest BCUT2D eigenvalue weighted by molar-refractivity contribution is 5.73. The van der Waals surface area contributed by atoms with Crippen LogP contribution in [-0.4, -0.2) is 25.2 Å². The summed E-state index contributed by atoms with van der Waals surface area (Å²) in [6, 6.07) is 7.72. The van der Waals surface area contributed by atoms with Gasteiger partial charge in [0.2, 0.25) is 0 Å². The minimum absolute atomic E-state index is 0.567. The average molecular weight is 271 g/mol. The average Bonchev–Trinajstić information content (AvgIpc) is 2.47. The van der Waals surface area contributed by atoms with Gasteiger partial charge in [0.15, 0.2) is 11.5 Å². The van der Waals surface area contributed by atoms with E-state index in [0.717, 1.165) is 23.5 Å². The Kier molecular flexibility index (Phi) is 3.33. The summed E-state index contributed by atoms with van der Waals surface area (Å²) in [7, 11) is 1.99. The van der Waals surface area contributed by atoms with Crippen molar-refractivity contribution in [3.05, 3.63) is 42.2 Å².